The van der Waals surface area contributed by atoms with E-state index in [1.54, 1.807) is 6.07 Å². The molecule has 2 nitrogen and oxygen atoms in total. The van der Waals surface area contributed by atoms with Gasteiger partial charge in [-0.05, 0) is 25.1 Å². The molecule has 0 aliphatic carbocycles. The molecule has 114 valence electrons. The minimum absolute atomic E-state index is 0.110. The Morgan fingerprint density at radius 3 is 2.64 bits per heavy atom. The van der Waals surface area contributed by atoms with Crippen LogP contribution in [-0.2, 0) is 12.1 Å². The zero-order valence-corrected chi connectivity index (χ0v) is 13.0. The fourth-order valence-electron chi connectivity index (χ4n) is 2.21. The van der Waals surface area contributed by atoms with Crippen LogP contribution in [0, 0.1) is 6.92 Å². The van der Waals surface area contributed by atoms with Gasteiger partial charge in [0, 0.05) is 15.8 Å². The largest absolute Gasteiger partial charge is 0.416 e. The van der Waals surface area contributed by atoms with Crippen molar-refractivity contribution in [2.45, 2.75) is 19.0 Å². The number of alkyl halides is 4. The maximum atomic E-state index is 12.9. The molecule has 0 saturated carbocycles. The van der Waals surface area contributed by atoms with E-state index in [9.17, 15) is 13.2 Å². The first-order valence-corrected chi connectivity index (χ1v) is 7.74. The van der Waals surface area contributed by atoms with Crippen molar-refractivity contribution in [3.63, 3.8) is 0 Å². The van der Waals surface area contributed by atoms with Crippen LogP contribution >= 0.6 is 22.9 Å². The van der Waals surface area contributed by atoms with Crippen LogP contribution in [0.2, 0.25) is 0 Å². The Bertz CT molecular complexity index is 842. The van der Waals surface area contributed by atoms with Gasteiger partial charge in [-0.15, -0.1) is 22.9 Å². The number of hydrogen-bond donors (Lipinski definition) is 0. The average molecular weight is 343 g/mol. The van der Waals surface area contributed by atoms with E-state index >= 15 is 0 Å². The van der Waals surface area contributed by atoms with Crippen molar-refractivity contribution in [1.29, 1.82) is 0 Å². The van der Waals surface area contributed by atoms with E-state index in [0.717, 1.165) is 27.2 Å². The maximum absolute atomic E-state index is 12.9. The van der Waals surface area contributed by atoms with Crippen molar-refractivity contribution in [3.8, 4) is 11.3 Å². The number of nitrogens with zero attached hydrogens (tertiary/aromatic N) is 2. The topological polar surface area (TPSA) is 25.8 Å². The number of halogens is 4. The second-order valence-corrected chi connectivity index (χ2v) is 6.28. The number of fused-ring (bicyclic) bond motifs is 1. The standard InChI is InChI=1S/C15H10ClF3N2S/c1-8-5-11-13(20-12(7-16)21-14(11)22-8)9-3-2-4-10(6-9)15(17,18)19/h2-6H,7H2,1H3. The summed E-state index contributed by atoms with van der Waals surface area (Å²) in [6, 6.07) is 7.03. The van der Waals surface area contributed by atoms with Gasteiger partial charge >= 0.3 is 6.18 Å². The molecule has 0 amide bonds. The Balaban J connectivity index is 2.25. The molecule has 0 spiro atoms. The second-order valence-electron chi connectivity index (χ2n) is 4.78. The highest BCUT2D eigenvalue weighted by Gasteiger charge is 2.30. The lowest BCUT2D eigenvalue weighted by molar-refractivity contribution is -0.137. The Kier molecular flexibility index (Phi) is 3.82. The molecule has 0 aliphatic rings. The normalized spacial score (nSPS) is 12.0. The van der Waals surface area contributed by atoms with E-state index in [4.69, 9.17) is 11.6 Å². The van der Waals surface area contributed by atoms with E-state index in [0.29, 0.717) is 17.1 Å². The first kappa shape index (κ1) is 15.2. The summed E-state index contributed by atoms with van der Waals surface area (Å²) in [6.45, 7) is 1.92. The molecular weight excluding hydrogens is 333 g/mol. The first-order valence-electron chi connectivity index (χ1n) is 6.39. The number of aromatic nitrogens is 2. The molecule has 7 heteroatoms. The van der Waals surface area contributed by atoms with Gasteiger partial charge in [-0.2, -0.15) is 13.2 Å². The Morgan fingerprint density at radius 1 is 1.18 bits per heavy atom. The number of hydrogen-bond acceptors (Lipinski definition) is 3. The molecule has 22 heavy (non-hydrogen) atoms. The van der Waals surface area contributed by atoms with E-state index in [2.05, 4.69) is 9.97 Å². The smallest absolute Gasteiger partial charge is 0.231 e. The van der Waals surface area contributed by atoms with Crippen molar-refractivity contribution in [3.05, 3.63) is 46.6 Å². The molecule has 0 aliphatic heterocycles. The van der Waals surface area contributed by atoms with E-state index in [1.807, 2.05) is 13.0 Å². The highest BCUT2D eigenvalue weighted by atomic mass is 35.5. The van der Waals surface area contributed by atoms with E-state index < -0.39 is 11.7 Å². The summed E-state index contributed by atoms with van der Waals surface area (Å²) in [7, 11) is 0. The molecule has 0 fully saturated rings. The Labute approximate surface area is 133 Å². The summed E-state index contributed by atoms with van der Waals surface area (Å²) in [5.41, 5.74) is 0.193. The summed E-state index contributed by atoms with van der Waals surface area (Å²) < 4.78 is 38.7. The molecule has 0 radical (unpaired) electrons. The summed E-state index contributed by atoms with van der Waals surface area (Å²) in [6.07, 6.45) is -4.39. The monoisotopic (exact) mass is 342 g/mol. The summed E-state index contributed by atoms with van der Waals surface area (Å²) >= 11 is 7.27. The van der Waals surface area contributed by atoms with Crippen molar-refractivity contribution < 1.29 is 13.2 Å². The number of thiophene rings is 1. The SMILES string of the molecule is Cc1cc2c(-c3cccc(C(F)(F)F)c3)nc(CCl)nc2s1. The van der Waals surface area contributed by atoms with Crippen molar-refractivity contribution >= 4 is 33.2 Å². The van der Waals surface area contributed by atoms with Crippen LogP contribution in [0.15, 0.2) is 30.3 Å². The van der Waals surface area contributed by atoms with Gasteiger partial charge in [0.05, 0.1) is 17.1 Å². The van der Waals surface area contributed by atoms with Gasteiger partial charge in [0.2, 0.25) is 0 Å². The van der Waals surface area contributed by atoms with Crippen molar-refractivity contribution in [1.82, 2.24) is 9.97 Å². The molecule has 1 aromatic carbocycles. The van der Waals surface area contributed by atoms with Crippen molar-refractivity contribution in [2.75, 3.05) is 0 Å². The molecule has 0 saturated heterocycles. The number of aryl methyl sites for hydroxylation is 1. The van der Waals surface area contributed by atoms with Gasteiger partial charge in [0.15, 0.2) is 0 Å². The maximum Gasteiger partial charge on any atom is 0.416 e. The van der Waals surface area contributed by atoms with Crippen LogP contribution in [0.3, 0.4) is 0 Å². The van der Waals surface area contributed by atoms with Crippen LogP contribution in [0.4, 0.5) is 13.2 Å². The second kappa shape index (κ2) is 5.52. The molecule has 0 N–H and O–H groups in total. The van der Waals surface area contributed by atoms with Gasteiger partial charge in [-0.1, -0.05) is 12.1 Å². The predicted octanol–water partition coefficient (Wildman–Crippen LogP) is 5.42. The van der Waals surface area contributed by atoms with Crippen molar-refractivity contribution in [2.24, 2.45) is 0 Å². The highest BCUT2D eigenvalue weighted by Crippen LogP contribution is 2.35. The zero-order chi connectivity index (χ0) is 15.9. The number of rotatable bonds is 2. The van der Waals surface area contributed by atoms with Crippen LogP contribution in [0.25, 0.3) is 21.5 Å². The lowest BCUT2D eigenvalue weighted by Gasteiger charge is -2.09. The van der Waals surface area contributed by atoms with Crippen LogP contribution in [0.1, 0.15) is 16.3 Å². The Hall–Kier alpha value is -1.66. The predicted molar refractivity (Wildman–Crippen MR) is 82.1 cm³/mol. The summed E-state index contributed by atoms with van der Waals surface area (Å²) in [4.78, 5) is 10.4. The third kappa shape index (κ3) is 2.80. The summed E-state index contributed by atoms with van der Waals surface area (Å²) in [5.74, 6) is 0.516. The molecule has 2 heterocycles. The lowest BCUT2D eigenvalue weighted by atomic mass is 10.1. The van der Waals surface area contributed by atoms with E-state index in [-0.39, 0.29) is 5.88 Å². The van der Waals surface area contributed by atoms with Crippen LogP contribution in [-0.4, -0.2) is 9.97 Å². The minimum Gasteiger partial charge on any atom is -0.231 e. The fourth-order valence-corrected chi connectivity index (χ4v) is 3.23. The molecule has 0 atom stereocenters. The van der Waals surface area contributed by atoms with Crippen LogP contribution < -0.4 is 0 Å². The van der Waals surface area contributed by atoms with Gasteiger partial charge in [0.1, 0.15) is 10.7 Å². The molecule has 3 rings (SSSR count). The number of benzene rings is 1. The summed E-state index contributed by atoms with van der Waals surface area (Å²) in [5, 5.41) is 0.746. The zero-order valence-electron chi connectivity index (χ0n) is 11.4. The average Bonchev–Trinajstić information content (AvgIpc) is 2.85. The molecule has 3 aromatic rings. The van der Waals surface area contributed by atoms with Crippen LogP contribution in [0.5, 0.6) is 0 Å². The van der Waals surface area contributed by atoms with Gasteiger partial charge in [-0.3, -0.25) is 0 Å². The third-order valence-electron chi connectivity index (χ3n) is 3.15. The van der Waals surface area contributed by atoms with Gasteiger partial charge in [-0.25, -0.2) is 9.97 Å². The Morgan fingerprint density at radius 2 is 1.95 bits per heavy atom. The first-order chi connectivity index (χ1) is 10.4. The molecule has 0 unspecified atom stereocenters. The van der Waals surface area contributed by atoms with E-state index in [1.165, 1.54) is 17.4 Å². The van der Waals surface area contributed by atoms with Gasteiger partial charge in [0.25, 0.3) is 0 Å². The molecular formula is C15H10ClF3N2S. The highest BCUT2D eigenvalue weighted by molar-refractivity contribution is 7.18. The third-order valence-corrected chi connectivity index (χ3v) is 4.33. The molecule has 0 bridgehead atoms. The quantitative estimate of drug-likeness (QED) is 0.581. The lowest BCUT2D eigenvalue weighted by Crippen LogP contribution is -2.05. The fraction of sp³-hybridized carbons (Fsp3) is 0.200. The molecule has 2 aromatic heterocycles. The minimum atomic E-state index is -4.39. The van der Waals surface area contributed by atoms with Gasteiger partial charge < -0.3 is 0 Å².